The smallest absolute Gasteiger partial charge is 0.370 e. The maximum Gasteiger partial charge on any atom is 0.370 e. The Morgan fingerprint density at radius 2 is 1.86 bits per heavy atom. The van der Waals surface area contributed by atoms with Crippen LogP contribution in [0.5, 0.6) is 0 Å². The molecule has 0 aliphatic carbocycles. The van der Waals surface area contributed by atoms with Gasteiger partial charge in [-0.05, 0) is 36.6 Å². The molecule has 3 heteroatoms. The van der Waals surface area contributed by atoms with E-state index in [9.17, 15) is 4.79 Å². The quantitative estimate of drug-likeness (QED) is 0.558. The zero-order valence-electron chi connectivity index (χ0n) is 8.11. The van der Waals surface area contributed by atoms with E-state index >= 15 is 0 Å². The third-order valence-electron chi connectivity index (χ3n) is 2.05. The minimum atomic E-state index is -1.32. The van der Waals surface area contributed by atoms with Crippen LogP contribution in [0.1, 0.15) is 16.7 Å². The van der Waals surface area contributed by atoms with Gasteiger partial charge in [0.2, 0.25) is 5.76 Å². The lowest BCUT2D eigenvalue weighted by atomic mass is 10.1. The van der Waals surface area contributed by atoms with Crippen molar-refractivity contribution in [1.29, 1.82) is 0 Å². The molecule has 2 N–H and O–H groups in total. The predicted octanol–water partition coefficient (Wildman–Crippen LogP) is 2.29. The maximum atomic E-state index is 10.3. The number of rotatable bonds is 2. The molecular weight excluding hydrogens is 180 g/mol. The van der Waals surface area contributed by atoms with Crippen molar-refractivity contribution >= 4 is 12.0 Å². The van der Waals surface area contributed by atoms with E-state index in [1.165, 1.54) is 6.08 Å². The Labute approximate surface area is 82.3 Å². The lowest BCUT2D eigenvalue weighted by molar-refractivity contribution is -0.135. The number of aliphatic carboxylic acids is 1. The third kappa shape index (κ3) is 2.36. The largest absolute Gasteiger partial charge is 0.502 e. The van der Waals surface area contributed by atoms with Crippen molar-refractivity contribution in [3.05, 3.63) is 40.6 Å². The summed E-state index contributed by atoms with van der Waals surface area (Å²) in [5.74, 6) is -1.96. The maximum absolute atomic E-state index is 10.3. The number of aryl methyl sites for hydroxylation is 2. The van der Waals surface area contributed by atoms with Crippen LogP contribution in [-0.4, -0.2) is 16.2 Å². The average molecular weight is 192 g/mol. The highest BCUT2D eigenvalue weighted by molar-refractivity contribution is 5.89. The molecule has 0 aliphatic heterocycles. The van der Waals surface area contributed by atoms with Crippen molar-refractivity contribution in [3.63, 3.8) is 0 Å². The Morgan fingerprint density at radius 1 is 1.21 bits per heavy atom. The standard InChI is InChI=1S/C11H12O3/c1-7-3-4-9(5-8(7)2)6-10(12)11(13)14/h3-6,12H,1-2H3,(H,13,14)/b10-6+. The van der Waals surface area contributed by atoms with Gasteiger partial charge in [-0.2, -0.15) is 0 Å². The highest BCUT2D eigenvalue weighted by Crippen LogP contribution is 2.12. The zero-order chi connectivity index (χ0) is 10.7. The predicted molar refractivity (Wildman–Crippen MR) is 54.2 cm³/mol. The summed E-state index contributed by atoms with van der Waals surface area (Å²) in [6.45, 7) is 3.91. The van der Waals surface area contributed by atoms with E-state index in [0.717, 1.165) is 11.1 Å². The van der Waals surface area contributed by atoms with Crippen molar-refractivity contribution in [2.75, 3.05) is 0 Å². The molecule has 1 aromatic carbocycles. The van der Waals surface area contributed by atoms with Crippen molar-refractivity contribution in [2.24, 2.45) is 0 Å². The fraction of sp³-hybridized carbons (Fsp3) is 0.182. The van der Waals surface area contributed by atoms with Gasteiger partial charge in [-0.3, -0.25) is 0 Å². The number of aliphatic hydroxyl groups is 1. The Morgan fingerprint density at radius 3 is 2.36 bits per heavy atom. The molecule has 0 atom stereocenters. The van der Waals surface area contributed by atoms with Gasteiger partial charge < -0.3 is 10.2 Å². The molecule has 0 fully saturated rings. The van der Waals surface area contributed by atoms with Gasteiger partial charge in [-0.25, -0.2) is 4.79 Å². The summed E-state index contributed by atoms with van der Waals surface area (Å²) in [6.07, 6.45) is 1.23. The van der Waals surface area contributed by atoms with E-state index in [4.69, 9.17) is 10.2 Å². The van der Waals surface area contributed by atoms with Gasteiger partial charge in [0.25, 0.3) is 0 Å². The van der Waals surface area contributed by atoms with E-state index < -0.39 is 11.7 Å². The number of hydrogen-bond acceptors (Lipinski definition) is 2. The van der Waals surface area contributed by atoms with Crippen LogP contribution in [0.4, 0.5) is 0 Å². The third-order valence-corrected chi connectivity index (χ3v) is 2.05. The summed E-state index contributed by atoms with van der Waals surface area (Å²) in [6, 6.07) is 5.48. The molecule has 0 heterocycles. The number of benzene rings is 1. The van der Waals surface area contributed by atoms with Crippen molar-refractivity contribution < 1.29 is 15.0 Å². The Kier molecular flexibility index (Phi) is 2.92. The highest BCUT2D eigenvalue weighted by atomic mass is 16.4. The molecule has 0 unspecified atom stereocenters. The number of carboxylic acids is 1. The summed E-state index contributed by atoms with van der Waals surface area (Å²) in [5.41, 5.74) is 2.89. The van der Waals surface area contributed by atoms with Crippen LogP contribution in [0.15, 0.2) is 24.0 Å². The number of carboxylic acid groups (broad SMARTS) is 1. The molecule has 0 saturated carbocycles. The summed E-state index contributed by atoms with van der Waals surface area (Å²) in [4.78, 5) is 10.3. The lowest BCUT2D eigenvalue weighted by Crippen LogP contribution is -1.98. The fourth-order valence-electron chi connectivity index (χ4n) is 1.07. The highest BCUT2D eigenvalue weighted by Gasteiger charge is 2.03. The van der Waals surface area contributed by atoms with Gasteiger partial charge in [0, 0.05) is 0 Å². The van der Waals surface area contributed by atoms with Gasteiger partial charge in [-0.15, -0.1) is 0 Å². The molecule has 1 aromatic rings. The molecule has 3 nitrogen and oxygen atoms in total. The van der Waals surface area contributed by atoms with Crippen molar-refractivity contribution in [2.45, 2.75) is 13.8 Å². The number of aliphatic hydroxyl groups excluding tert-OH is 1. The van der Waals surface area contributed by atoms with E-state index in [2.05, 4.69) is 0 Å². The van der Waals surface area contributed by atoms with Crippen LogP contribution in [0.25, 0.3) is 6.08 Å². The first kappa shape index (κ1) is 10.3. The second-order valence-electron chi connectivity index (χ2n) is 3.18. The molecule has 0 bridgehead atoms. The molecule has 74 valence electrons. The molecule has 0 aliphatic rings. The minimum Gasteiger partial charge on any atom is -0.502 e. The van der Waals surface area contributed by atoms with Gasteiger partial charge in [-0.1, -0.05) is 18.2 Å². The van der Waals surface area contributed by atoms with Gasteiger partial charge in [0.05, 0.1) is 0 Å². The molecule has 0 spiro atoms. The normalized spacial score (nSPS) is 11.4. The SMILES string of the molecule is Cc1ccc(/C=C(/O)C(=O)O)cc1C. The van der Waals surface area contributed by atoms with E-state index in [-0.39, 0.29) is 0 Å². The van der Waals surface area contributed by atoms with Crippen LogP contribution in [0.3, 0.4) is 0 Å². The molecule has 0 radical (unpaired) electrons. The van der Waals surface area contributed by atoms with E-state index in [0.29, 0.717) is 5.56 Å². The summed E-state index contributed by atoms with van der Waals surface area (Å²) >= 11 is 0. The molecule has 14 heavy (non-hydrogen) atoms. The molecule has 1 rings (SSSR count). The second kappa shape index (κ2) is 3.96. The van der Waals surface area contributed by atoms with Crippen LogP contribution in [0, 0.1) is 13.8 Å². The van der Waals surface area contributed by atoms with Gasteiger partial charge in [0.15, 0.2) is 0 Å². The number of carbonyl (C=O) groups is 1. The summed E-state index contributed by atoms with van der Waals surface area (Å²) in [7, 11) is 0. The Bertz CT molecular complexity index is 392. The van der Waals surface area contributed by atoms with Crippen LogP contribution in [-0.2, 0) is 4.79 Å². The van der Waals surface area contributed by atoms with Crippen LogP contribution in [0.2, 0.25) is 0 Å². The summed E-state index contributed by atoms with van der Waals surface area (Å²) < 4.78 is 0. The van der Waals surface area contributed by atoms with Crippen LogP contribution >= 0.6 is 0 Å². The first-order valence-corrected chi connectivity index (χ1v) is 4.22. The van der Waals surface area contributed by atoms with E-state index in [1.807, 2.05) is 26.0 Å². The number of hydrogen-bond donors (Lipinski definition) is 2. The van der Waals surface area contributed by atoms with Crippen molar-refractivity contribution in [1.82, 2.24) is 0 Å². The molecular formula is C11H12O3. The van der Waals surface area contributed by atoms with Gasteiger partial charge in [0.1, 0.15) is 0 Å². The average Bonchev–Trinajstić information content (AvgIpc) is 2.11. The Hall–Kier alpha value is -1.77. The monoisotopic (exact) mass is 192 g/mol. The molecule has 0 aromatic heterocycles. The first-order valence-electron chi connectivity index (χ1n) is 4.22. The van der Waals surface area contributed by atoms with E-state index in [1.54, 1.807) is 6.07 Å². The second-order valence-corrected chi connectivity index (χ2v) is 3.18. The van der Waals surface area contributed by atoms with Gasteiger partial charge >= 0.3 is 5.97 Å². The van der Waals surface area contributed by atoms with Crippen LogP contribution < -0.4 is 0 Å². The topological polar surface area (TPSA) is 57.5 Å². The zero-order valence-corrected chi connectivity index (χ0v) is 8.11. The molecule has 0 saturated heterocycles. The minimum absolute atomic E-state index is 0.645. The molecule has 0 amide bonds. The lowest BCUT2D eigenvalue weighted by Gasteiger charge is -2.00. The van der Waals surface area contributed by atoms with Crippen molar-refractivity contribution in [3.8, 4) is 0 Å². The first-order chi connectivity index (χ1) is 6.50. The Balaban J connectivity index is 3.04. The summed E-state index contributed by atoms with van der Waals surface area (Å²) in [5, 5.41) is 17.5. The fourth-order valence-corrected chi connectivity index (χ4v) is 1.07.